The molecule has 1 fully saturated rings. The Morgan fingerprint density at radius 2 is 2.00 bits per heavy atom. The summed E-state index contributed by atoms with van der Waals surface area (Å²) in [7, 11) is 0. The summed E-state index contributed by atoms with van der Waals surface area (Å²) >= 11 is 0. The van der Waals surface area contributed by atoms with Crippen molar-refractivity contribution >= 4 is 11.7 Å². The summed E-state index contributed by atoms with van der Waals surface area (Å²) < 4.78 is 12.9. The van der Waals surface area contributed by atoms with Gasteiger partial charge in [-0.25, -0.2) is 9.18 Å². The molecule has 4 heteroatoms. The summed E-state index contributed by atoms with van der Waals surface area (Å²) in [4.78, 5) is 11.7. The van der Waals surface area contributed by atoms with Gasteiger partial charge in [-0.2, -0.15) is 0 Å². The molecule has 0 spiro atoms. The average molecular weight is 265 g/mol. The molecule has 2 atom stereocenters. The number of carbonyl (C=O) groups is 1. The third kappa shape index (κ3) is 3.25. The molecule has 2 unspecified atom stereocenters. The second-order valence-electron chi connectivity index (χ2n) is 5.56. The molecule has 0 amide bonds. The number of benzene rings is 1. The van der Waals surface area contributed by atoms with Crippen LogP contribution >= 0.6 is 0 Å². The minimum absolute atomic E-state index is 0.315. The van der Waals surface area contributed by atoms with E-state index in [1.165, 1.54) is 12.1 Å². The Hall–Kier alpha value is -1.58. The van der Waals surface area contributed by atoms with Gasteiger partial charge in [0.1, 0.15) is 11.4 Å². The van der Waals surface area contributed by atoms with Crippen molar-refractivity contribution in [2.45, 2.75) is 44.6 Å². The molecule has 19 heavy (non-hydrogen) atoms. The minimum Gasteiger partial charge on any atom is -0.480 e. The quantitative estimate of drug-likeness (QED) is 0.820. The van der Waals surface area contributed by atoms with Gasteiger partial charge < -0.3 is 10.4 Å². The van der Waals surface area contributed by atoms with E-state index in [1.54, 1.807) is 12.1 Å². The summed E-state index contributed by atoms with van der Waals surface area (Å²) in [5.74, 6) is -0.563. The van der Waals surface area contributed by atoms with E-state index in [0.717, 1.165) is 19.3 Å². The van der Waals surface area contributed by atoms with Crippen molar-refractivity contribution in [2.75, 3.05) is 5.32 Å². The monoisotopic (exact) mass is 265 g/mol. The van der Waals surface area contributed by atoms with Gasteiger partial charge in [0.25, 0.3) is 0 Å². The van der Waals surface area contributed by atoms with Crippen LogP contribution in [0.15, 0.2) is 24.3 Å². The third-order valence-electron chi connectivity index (χ3n) is 4.00. The third-order valence-corrected chi connectivity index (χ3v) is 4.00. The van der Waals surface area contributed by atoms with E-state index in [-0.39, 0.29) is 5.82 Å². The van der Waals surface area contributed by atoms with Crippen LogP contribution in [0.4, 0.5) is 10.1 Å². The molecule has 0 aliphatic heterocycles. The van der Waals surface area contributed by atoms with E-state index >= 15 is 0 Å². The van der Waals surface area contributed by atoms with Crippen LogP contribution in [0.2, 0.25) is 0 Å². The van der Waals surface area contributed by atoms with E-state index in [1.807, 2.05) is 0 Å². The number of carboxylic acid groups (broad SMARTS) is 1. The molecule has 1 saturated carbocycles. The molecule has 1 aliphatic carbocycles. The topological polar surface area (TPSA) is 49.3 Å². The highest BCUT2D eigenvalue weighted by molar-refractivity contribution is 5.82. The van der Waals surface area contributed by atoms with Crippen molar-refractivity contribution in [1.29, 1.82) is 0 Å². The predicted molar refractivity (Wildman–Crippen MR) is 72.6 cm³/mol. The van der Waals surface area contributed by atoms with Gasteiger partial charge in [-0.15, -0.1) is 0 Å². The summed E-state index contributed by atoms with van der Waals surface area (Å²) in [6, 6.07) is 5.87. The van der Waals surface area contributed by atoms with Crippen LogP contribution in [0.3, 0.4) is 0 Å². The molecular weight excluding hydrogens is 245 g/mol. The standard InChI is InChI=1S/C15H20FNO2/c1-11-3-2-9-15(10-8-11,14(18)19)17-13-6-4-12(16)5-7-13/h4-7,11,17H,2-3,8-10H2,1H3,(H,18,19). The van der Waals surface area contributed by atoms with Crippen molar-refractivity contribution in [1.82, 2.24) is 0 Å². The van der Waals surface area contributed by atoms with Crippen LogP contribution in [0.1, 0.15) is 39.0 Å². The average Bonchev–Trinajstić information content (AvgIpc) is 2.56. The Balaban J connectivity index is 2.19. The lowest BCUT2D eigenvalue weighted by Crippen LogP contribution is -2.46. The van der Waals surface area contributed by atoms with Crippen molar-refractivity contribution in [3.05, 3.63) is 30.1 Å². The molecule has 1 aromatic carbocycles. The van der Waals surface area contributed by atoms with Gasteiger partial charge in [-0.1, -0.05) is 19.8 Å². The van der Waals surface area contributed by atoms with Gasteiger partial charge in [0.2, 0.25) is 0 Å². The SMILES string of the molecule is CC1CCCC(Nc2ccc(F)cc2)(C(=O)O)CC1. The normalized spacial score (nSPS) is 27.6. The van der Waals surface area contributed by atoms with Crippen LogP contribution in [0, 0.1) is 11.7 Å². The van der Waals surface area contributed by atoms with Crippen LogP contribution in [-0.2, 0) is 4.79 Å². The van der Waals surface area contributed by atoms with Crippen LogP contribution < -0.4 is 5.32 Å². The first-order valence-electron chi connectivity index (χ1n) is 6.79. The summed E-state index contributed by atoms with van der Waals surface area (Å²) in [6.07, 6.45) is 4.10. The van der Waals surface area contributed by atoms with Crippen molar-refractivity contribution in [3.63, 3.8) is 0 Å². The maximum Gasteiger partial charge on any atom is 0.329 e. The van der Waals surface area contributed by atoms with E-state index in [9.17, 15) is 14.3 Å². The van der Waals surface area contributed by atoms with Gasteiger partial charge in [-0.05, 0) is 49.4 Å². The fraction of sp³-hybridized carbons (Fsp3) is 0.533. The maximum atomic E-state index is 12.9. The molecule has 0 heterocycles. The van der Waals surface area contributed by atoms with E-state index < -0.39 is 11.5 Å². The number of anilines is 1. The zero-order valence-corrected chi connectivity index (χ0v) is 11.2. The van der Waals surface area contributed by atoms with Gasteiger partial charge in [0.15, 0.2) is 0 Å². The lowest BCUT2D eigenvalue weighted by Gasteiger charge is -2.30. The highest BCUT2D eigenvalue weighted by Gasteiger charge is 2.39. The van der Waals surface area contributed by atoms with Crippen molar-refractivity contribution < 1.29 is 14.3 Å². The van der Waals surface area contributed by atoms with Crippen LogP contribution in [-0.4, -0.2) is 16.6 Å². The fourth-order valence-corrected chi connectivity index (χ4v) is 2.72. The Kier molecular flexibility index (Phi) is 4.08. The largest absolute Gasteiger partial charge is 0.480 e. The Morgan fingerprint density at radius 1 is 1.32 bits per heavy atom. The number of carboxylic acids is 1. The molecule has 0 aromatic heterocycles. The maximum absolute atomic E-state index is 12.9. The first-order chi connectivity index (χ1) is 9.02. The number of halogens is 1. The molecule has 2 N–H and O–H groups in total. The highest BCUT2D eigenvalue weighted by atomic mass is 19.1. The second-order valence-corrected chi connectivity index (χ2v) is 5.56. The second kappa shape index (κ2) is 5.59. The number of rotatable bonds is 3. The lowest BCUT2D eigenvalue weighted by molar-refractivity contribution is -0.142. The molecule has 1 aliphatic rings. The van der Waals surface area contributed by atoms with E-state index in [2.05, 4.69) is 12.2 Å². The Morgan fingerprint density at radius 3 is 2.63 bits per heavy atom. The zero-order valence-electron chi connectivity index (χ0n) is 11.2. The Bertz CT molecular complexity index is 446. The molecule has 1 aromatic rings. The first kappa shape index (κ1) is 13.8. The van der Waals surface area contributed by atoms with Crippen LogP contribution in [0.25, 0.3) is 0 Å². The number of aliphatic carboxylic acids is 1. The van der Waals surface area contributed by atoms with Gasteiger partial charge in [0, 0.05) is 5.69 Å². The zero-order chi connectivity index (χ0) is 13.9. The molecule has 0 radical (unpaired) electrons. The summed E-state index contributed by atoms with van der Waals surface area (Å²) in [5.41, 5.74) is -0.249. The number of hydrogen-bond donors (Lipinski definition) is 2. The van der Waals surface area contributed by atoms with Crippen LogP contribution in [0.5, 0.6) is 0 Å². The van der Waals surface area contributed by atoms with E-state index in [0.29, 0.717) is 24.4 Å². The minimum atomic E-state index is -0.914. The van der Waals surface area contributed by atoms with Crippen molar-refractivity contribution in [2.24, 2.45) is 5.92 Å². The van der Waals surface area contributed by atoms with Gasteiger partial charge in [0.05, 0.1) is 0 Å². The van der Waals surface area contributed by atoms with E-state index in [4.69, 9.17) is 0 Å². The lowest BCUT2D eigenvalue weighted by atomic mass is 9.89. The smallest absolute Gasteiger partial charge is 0.329 e. The van der Waals surface area contributed by atoms with Gasteiger partial charge in [-0.3, -0.25) is 0 Å². The molecular formula is C15H20FNO2. The summed E-state index contributed by atoms with van der Waals surface area (Å²) in [5, 5.41) is 12.7. The Labute approximate surface area is 112 Å². The predicted octanol–water partition coefficient (Wildman–Crippen LogP) is 3.66. The number of hydrogen-bond acceptors (Lipinski definition) is 2. The summed E-state index contributed by atoms with van der Waals surface area (Å²) in [6.45, 7) is 2.16. The molecule has 3 nitrogen and oxygen atoms in total. The fourth-order valence-electron chi connectivity index (χ4n) is 2.72. The van der Waals surface area contributed by atoms with Gasteiger partial charge >= 0.3 is 5.97 Å². The molecule has 2 rings (SSSR count). The van der Waals surface area contributed by atoms with Crippen molar-refractivity contribution in [3.8, 4) is 0 Å². The number of nitrogens with one attached hydrogen (secondary N) is 1. The molecule has 104 valence electrons. The highest BCUT2D eigenvalue weighted by Crippen LogP contribution is 2.33. The molecule has 0 bridgehead atoms. The molecule has 0 saturated heterocycles. The first-order valence-corrected chi connectivity index (χ1v) is 6.79.